The Bertz CT molecular complexity index is 649. The quantitative estimate of drug-likeness (QED) is 0.856. The molecule has 1 aliphatic carbocycles. The number of hydrogen-bond acceptors (Lipinski definition) is 2. The lowest BCUT2D eigenvalue weighted by atomic mass is 10.2. The number of hydrogen-bond donors (Lipinski definition) is 2. The Morgan fingerprint density at radius 2 is 1.67 bits per heavy atom. The molecule has 24 heavy (non-hydrogen) atoms. The third-order valence-electron chi connectivity index (χ3n) is 4.47. The van der Waals surface area contributed by atoms with Crippen molar-refractivity contribution in [2.75, 3.05) is 5.32 Å². The highest BCUT2D eigenvalue weighted by atomic mass is 16.5. The summed E-state index contributed by atoms with van der Waals surface area (Å²) >= 11 is 0. The maximum Gasteiger partial charge on any atom is 0.282 e. The molecule has 4 nitrogen and oxygen atoms in total. The number of nitrogens with one attached hydrogen (secondary N) is 1. The lowest BCUT2D eigenvalue weighted by Crippen LogP contribution is -2.95. The van der Waals surface area contributed by atoms with Gasteiger partial charge < -0.3 is 15.4 Å². The zero-order valence-corrected chi connectivity index (χ0v) is 14.1. The summed E-state index contributed by atoms with van der Waals surface area (Å²) in [7, 11) is 0. The largest absolute Gasteiger partial charge is 0.457 e. The van der Waals surface area contributed by atoms with Crippen molar-refractivity contribution in [3.05, 3.63) is 54.6 Å². The standard InChI is InChI=1S/C20H24N2O2/c1-15(21-16-7-5-6-8-16)20(23)22-17-11-13-19(14-12-17)24-18-9-3-2-4-10-18/h2-4,9-16,21H,5-8H2,1H3,(H,22,23)/p+1/t15-/m0/s1. The molecule has 1 atom stereocenters. The fraction of sp³-hybridized carbons (Fsp3) is 0.350. The molecule has 126 valence electrons. The molecular formula is C20H25N2O2+. The van der Waals surface area contributed by atoms with Gasteiger partial charge in [0.1, 0.15) is 11.5 Å². The summed E-state index contributed by atoms with van der Waals surface area (Å²) in [4.78, 5) is 12.3. The van der Waals surface area contributed by atoms with Crippen LogP contribution in [0.5, 0.6) is 11.5 Å². The van der Waals surface area contributed by atoms with Gasteiger partial charge in [-0.1, -0.05) is 18.2 Å². The highest BCUT2D eigenvalue weighted by Crippen LogP contribution is 2.22. The molecule has 1 amide bonds. The Labute approximate surface area is 143 Å². The summed E-state index contributed by atoms with van der Waals surface area (Å²) in [6, 6.07) is 17.7. The van der Waals surface area contributed by atoms with Crippen LogP contribution >= 0.6 is 0 Å². The highest BCUT2D eigenvalue weighted by Gasteiger charge is 2.24. The minimum absolute atomic E-state index is 0.0543. The van der Waals surface area contributed by atoms with E-state index in [2.05, 4.69) is 10.6 Å². The van der Waals surface area contributed by atoms with E-state index in [0.717, 1.165) is 17.2 Å². The van der Waals surface area contributed by atoms with Crippen LogP contribution in [0.4, 0.5) is 5.69 Å². The summed E-state index contributed by atoms with van der Waals surface area (Å²) in [5.74, 6) is 1.61. The van der Waals surface area contributed by atoms with Gasteiger partial charge in [0.25, 0.3) is 5.91 Å². The van der Waals surface area contributed by atoms with Crippen molar-refractivity contribution >= 4 is 11.6 Å². The Hall–Kier alpha value is -2.33. The molecule has 3 N–H and O–H groups in total. The molecule has 4 heteroatoms. The molecule has 0 saturated heterocycles. The normalized spacial score (nSPS) is 15.9. The Morgan fingerprint density at radius 3 is 2.33 bits per heavy atom. The summed E-state index contributed by atoms with van der Waals surface area (Å²) in [6.07, 6.45) is 5.03. The van der Waals surface area contributed by atoms with E-state index in [9.17, 15) is 4.79 Å². The molecule has 0 unspecified atom stereocenters. The number of anilines is 1. The van der Waals surface area contributed by atoms with E-state index in [4.69, 9.17) is 4.74 Å². The van der Waals surface area contributed by atoms with Crippen LogP contribution in [-0.2, 0) is 4.79 Å². The topological polar surface area (TPSA) is 54.9 Å². The second kappa shape index (κ2) is 7.97. The molecule has 3 rings (SSSR count). The minimum Gasteiger partial charge on any atom is -0.457 e. The lowest BCUT2D eigenvalue weighted by Gasteiger charge is -2.15. The van der Waals surface area contributed by atoms with E-state index < -0.39 is 0 Å². The second-order valence-electron chi connectivity index (χ2n) is 6.45. The van der Waals surface area contributed by atoms with Gasteiger partial charge in [0.2, 0.25) is 0 Å². The Balaban J connectivity index is 1.52. The zero-order valence-electron chi connectivity index (χ0n) is 14.1. The fourth-order valence-electron chi connectivity index (χ4n) is 3.13. The number of para-hydroxylation sites is 1. The number of amides is 1. The molecule has 0 aliphatic heterocycles. The second-order valence-corrected chi connectivity index (χ2v) is 6.45. The molecule has 1 saturated carbocycles. The molecule has 0 heterocycles. The van der Waals surface area contributed by atoms with E-state index in [1.165, 1.54) is 25.7 Å². The van der Waals surface area contributed by atoms with Gasteiger partial charge in [0, 0.05) is 5.69 Å². The van der Waals surface area contributed by atoms with Crippen LogP contribution in [0, 0.1) is 0 Å². The Morgan fingerprint density at radius 1 is 1.04 bits per heavy atom. The predicted octanol–water partition coefficient (Wildman–Crippen LogP) is 3.31. The van der Waals surface area contributed by atoms with Gasteiger partial charge >= 0.3 is 0 Å². The van der Waals surface area contributed by atoms with Crippen molar-refractivity contribution in [2.45, 2.75) is 44.7 Å². The zero-order chi connectivity index (χ0) is 16.8. The number of ether oxygens (including phenoxy) is 1. The van der Waals surface area contributed by atoms with E-state index in [0.29, 0.717) is 6.04 Å². The summed E-state index contributed by atoms with van der Waals surface area (Å²) in [5, 5.41) is 5.18. The minimum atomic E-state index is -0.0617. The van der Waals surface area contributed by atoms with Gasteiger partial charge in [-0.15, -0.1) is 0 Å². The van der Waals surface area contributed by atoms with Gasteiger partial charge in [-0.3, -0.25) is 4.79 Å². The van der Waals surface area contributed by atoms with Gasteiger partial charge in [-0.25, -0.2) is 0 Å². The summed E-state index contributed by atoms with van der Waals surface area (Å²) in [6.45, 7) is 1.97. The third kappa shape index (κ3) is 4.59. The maximum atomic E-state index is 12.3. The molecule has 1 fully saturated rings. The lowest BCUT2D eigenvalue weighted by molar-refractivity contribution is -0.705. The summed E-state index contributed by atoms with van der Waals surface area (Å²) < 4.78 is 5.76. The number of benzene rings is 2. The van der Waals surface area contributed by atoms with Crippen LogP contribution in [0.3, 0.4) is 0 Å². The van der Waals surface area contributed by atoms with Gasteiger partial charge in [0.15, 0.2) is 6.04 Å². The predicted molar refractivity (Wildman–Crippen MR) is 95.2 cm³/mol. The number of carbonyl (C=O) groups excluding carboxylic acids is 1. The van der Waals surface area contributed by atoms with Gasteiger partial charge in [0.05, 0.1) is 6.04 Å². The smallest absolute Gasteiger partial charge is 0.282 e. The monoisotopic (exact) mass is 325 g/mol. The average Bonchev–Trinajstić information content (AvgIpc) is 3.10. The van der Waals surface area contributed by atoms with Crippen LogP contribution in [-0.4, -0.2) is 18.0 Å². The molecule has 2 aromatic rings. The third-order valence-corrected chi connectivity index (χ3v) is 4.47. The van der Waals surface area contributed by atoms with Crippen molar-refractivity contribution < 1.29 is 14.8 Å². The first-order valence-electron chi connectivity index (χ1n) is 8.69. The SMILES string of the molecule is C[C@H]([NH2+]C1CCCC1)C(=O)Nc1ccc(Oc2ccccc2)cc1. The van der Waals surface area contributed by atoms with Crippen molar-refractivity contribution in [3.8, 4) is 11.5 Å². The fourth-order valence-corrected chi connectivity index (χ4v) is 3.13. The number of rotatable bonds is 6. The van der Waals surface area contributed by atoms with E-state index in [1.807, 2.05) is 61.5 Å². The van der Waals surface area contributed by atoms with Crippen LogP contribution in [0.25, 0.3) is 0 Å². The van der Waals surface area contributed by atoms with Crippen LogP contribution in [0.15, 0.2) is 54.6 Å². The molecule has 0 spiro atoms. The summed E-state index contributed by atoms with van der Waals surface area (Å²) in [5.41, 5.74) is 0.798. The first-order valence-corrected chi connectivity index (χ1v) is 8.69. The number of carbonyl (C=O) groups is 1. The average molecular weight is 325 g/mol. The first-order chi connectivity index (χ1) is 11.7. The van der Waals surface area contributed by atoms with Crippen molar-refractivity contribution in [1.29, 1.82) is 0 Å². The van der Waals surface area contributed by atoms with Crippen molar-refractivity contribution in [2.24, 2.45) is 0 Å². The van der Waals surface area contributed by atoms with Crippen molar-refractivity contribution in [3.63, 3.8) is 0 Å². The number of nitrogens with two attached hydrogens (primary N) is 1. The van der Waals surface area contributed by atoms with Gasteiger partial charge in [-0.2, -0.15) is 0 Å². The Kier molecular flexibility index (Phi) is 5.49. The molecule has 0 bridgehead atoms. The molecule has 2 aromatic carbocycles. The van der Waals surface area contributed by atoms with Gasteiger partial charge in [-0.05, 0) is 69.0 Å². The first kappa shape index (κ1) is 16.5. The van der Waals surface area contributed by atoms with E-state index in [1.54, 1.807) is 0 Å². The van der Waals surface area contributed by atoms with Crippen molar-refractivity contribution in [1.82, 2.24) is 0 Å². The van der Waals surface area contributed by atoms with Crippen LogP contribution in [0.2, 0.25) is 0 Å². The molecule has 0 aromatic heterocycles. The van der Waals surface area contributed by atoms with E-state index in [-0.39, 0.29) is 11.9 Å². The highest BCUT2D eigenvalue weighted by molar-refractivity contribution is 5.93. The maximum absolute atomic E-state index is 12.3. The van der Waals surface area contributed by atoms with Crippen LogP contribution < -0.4 is 15.4 Å². The molecular weight excluding hydrogens is 300 g/mol. The van der Waals surface area contributed by atoms with Crippen LogP contribution in [0.1, 0.15) is 32.6 Å². The molecule has 1 aliphatic rings. The van der Waals surface area contributed by atoms with E-state index >= 15 is 0 Å². The molecule has 0 radical (unpaired) electrons. The number of quaternary nitrogens is 1.